The third-order valence-electron chi connectivity index (χ3n) is 4.95. The van der Waals surface area contributed by atoms with Crippen molar-refractivity contribution in [1.82, 2.24) is 9.97 Å². The summed E-state index contributed by atoms with van der Waals surface area (Å²) in [5, 5.41) is 3.38. The van der Waals surface area contributed by atoms with Gasteiger partial charge in [-0.3, -0.25) is 0 Å². The van der Waals surface area contributed by atoms with Gasteiger partial charge in [-0.2, -0.15) is 0 Å². The molecule has 1 aliphatic heterocycles. The van der Waals surface area contributed by atoms with Crippen molar-refractivity contribution in [2.24, 2.45) is 5.41 Å². The van der Waals surface area contributed by atoms with Gasteiger partial charge in [0.1, 0.15) is 17.5 Å². The van der Waals surface area contributed by atoms with Crippen LogP contribution in [0.1, 0.15) is 58.3 Å². The maximum absolute atomic E-state index is 4.81. The van der Waals surface area contributed by atoms with Crippen molar-refractivity contribution >= 4 is 11.6 Å². The van der Waals surface area contributed by atoms with Crippen molar-refractivity contribution in [3.63, 3.8) is 0 Å². The Hall–Kier alpha value is -1.32. The number of nitrogens with zero attached hydrogens (tertiary/aromatic N) is 3. The molecule has 4 nitrogen and oxygen atoms in total. The van der Waals surface area contributed by atoms with E-state index in [0.29, 0.717) is 5.41 Å². The summed E-state index contributed by atoms with van der Waals surface area (Å²) < 4.78 is 0. The fourth-order valence-electron chi connectivity index (χ4n) is 2.97. The van der Waals surface area contributed by atoms with Crippen LogP contribution in [-0.2, 0) is 6.42 Å². The Balaban J connectivity index is 2.25. The second kappa shape index (κ2) is 6.63. The lowest BCUT2D eigenvalue weighted by molar-refractivity contribution is 0.237. The Kier molecular flexibility index (Phi) is 5.07. The maximum Gasteiger partial charge on any atom is 0.137 e. The number of aromatic nitrogens is 2. The molecular weight excluding hydrogens is 260 g/mol. The van der Waals surface area contributed by atoms with Crippen LogP contribution in [-0.4, -0.2) is 29.6 Å². The minimum atomic E-state index is 0.509. The molecule has 118 valence electrons. The summed E-state index contributed by atoms with van der Waals surface area (Å²) in [4.78, 5) is 11.9. The van der Waals surface area contributed by atoms with Gasteiger partial charge in [0.05, 0.1) is 0 Å². The van der Waals surface area contributed by atoms with Crippen molar-refractivity contribution in [2.75, 3.05) is 29.9 Å². The Bertz CT molecular complexity index is 476. The third kappa shape index (κ3) is 3.47. The van der Waals surface area contributed by atoms with Crippen LogP contribution >= 0.6 is 0 Å². The van der Waals surface area contributed by atoms with Gasteiger partial charge in [-0.05, 0) is 32.1 Å². The van der Waals surface area contributed by atoms with E-state index in [1.807, 2.05) is 0 Å². The monoisotopic (exact) mass is 290 g/mol. The van der Waals surface area contributed by atoms with Crippen molar-refractivity contribution in [1.29, 1.82) is 0 Å². The summed E-state index contributed by atoms with van der Waals surface area (Å²) in [6.07, 6.45) is 4.66. The van der Waals surface area contributed by atoms with Crippen molar-refractivity contribution in [2.45, 2.75) is 60.3 Å². The average molecular weight is 290 g/mol. The van der Waals surface area contributed by atoms with Crippen LogP contribution < -0.4 is 10.2 Å². The van der Waals surface area contributed by atoms with Crippen LogP contribution in [0.3, 0.4) is 0 Å². The van der Waals surface area contributed by atoms with Gasteiger partial charge in [0.15, 0.2) is 0 Å². The zero-order chi connectivity index (χ0) is 15.5. The molecule has 1 aromatic heterocycles. The van der Waals surface area contributed by atoms with Gasteiger partial charge in [0.25, 0.3) is 0 Å². The first-order valence-electron chi connectivity index (χ1n) is 8.39. The lowest BCUT2D eigenvalue weighted by Crippen LogP contribution is -2.39. The molecule has 0 bridgehead atoms. The molecule has 0 radical (unpaired) electrons. The topological polar surface area (TPSA) is 41.1 Å². The number of anilines is 2. The van der Waals surface area contributed by atoms with E-state index in [9.17, 15) is 0 Å². The first kappa shape index (κ1) is 16.1. The molecule has 0 aliphatic carbocycles. The van der Waals surface area contributed by atoms with E-state index in [1.54, 1.807) is 0 Å². The quantitative estimate of drug-likeness (QED) is 0.895. The summed E-state index contributed by atoms with van der Waals surface area (Å²) in [6.45, 7) is 14.2. The predicted molar refractivity (Wildman–Crippen MR) is 90.2 cm³/mol. The standard InChI is InChI=1S/C17H30N4/c1-6-14-19-15(18-8-3)13(4)16(20-14)21-11-9-17(5,7-2)10-12-21/h6-12H2,1-5H3,(H,18,19,20). The summed E-state index contributed by atoms with van der Waals surface area (Å²) in [6, 6.07) is 0. The van der Waals surface area contributed by atoms with Crippen molar-refractivity contribution in [3.05, 3.63) is 11.4 Å². The third-order valence-corrected chi connectivity index (χ3v) is 4.95. The first-order valence-corrected chi connectivity index (χ1v) is 8.39. The Morgan fingerprint density at radius 1 is 1.14 bits per heavy atom. The van der Waals surface area contributed by atoms with E-state index in [4.69, 9.17) is 4.98 Å². The van der Waals surface area contributed by atoms with Crippen LogP contribution in [0.2, 0.25) is 0 Å². The van der Waals surface area contributed by atoms with Gasteiger partial charge < -0.3 is 10.2 Å². The van der Waals surface area contributed by atoms with Crippen LogP contribution in [0.15, 0.2) is 0 Å². The molecule has 1 aromatic rings. The minimum Gasteiger partial charge on any atom is -0.370 e. The number of hydrogen-bond donors (Lipinski definition) is 1. The Labute approximate surface area is 129 Å². The van der Waals surface area contributed by atoms with Gasteiger partial charge in [-0.25, -0.2) is 9.97 Å². The molecule has 0 atom stereocenters. The summed E-state index contributed by atoms with van der Waals surface area (Å²) in [5.74, 6) is 3.08. The van der Waals surface area contributed by atoms with E-state index >= 15 is 0 Å². The number of piperidine rings is 1. The predicted octanol–water partition coefficient (Wildman–Crippen LogP) is 3.80. The summed E-state index contributed by atoms with van der Waals surface area (Å²) in [5.41, 5.74) is 1.70. The molecule has 2 heterocycles. The highest BCUT2D eigenvalue weighted by Gasteiger charge is 2.29. The molecule has 0 spiro atoms. The highest BCUT2D eigenvalue weighted by atomic mass is 15.2. The first-order chi connectivity index (χ1) is 10.0. The van der Waals surface area contributed by atoms with E-state index in [-0.39, 0.29) is 0 Å². The van der Waals surface area contributed by atoms with Crippen LogP contribution in [0.4, 0.5) is 11.6 Å². The van der Waals surface area contributed by atoms with Gasteiger partial charge >= 0.3 is 0 Å². The second-order valence-electron chi connectivity index (χ2n) is 6.47. The van der Waals surface area contributed by atoms with E-state index in [0.717, 1.165) is 43.5 Å². The van der Waals surface area contributed by atoms with E-state index in [1.165, 1.54) is 24.8 Å². The van der Waals surface area contributed by atoms with Crippen molar-refractivity contribution in [3.8, 4) is 0 Å². The number of hydrogen-bond acceptors (Lipinski definition) is 4. The highest BCUT2D eigenvalue weighted by Crippen LogP contribution is 2.36. The van der Waals surface area contributed by atoms with Gasteiger partial charge in [0.2, 0.25) is 0 Å². The SMILES string of the molecule is CCNc1nc(CC)nc(N2CCC(C)(CC)CC2)c1C. The van der Waals surface area contributed by atoms with Gasteiger partial charge in [-0.15, -0.1) is 0 Å². The van der Waals surface area contributed by atoms with Crippen LogP contribution in [0, 0.1) is 12.3 Å². The lowest BCUT2D eigenvalue weighted by Gasteiger charge is -2.40. The Morgan fingerprint density at radius 3 is 2.33 bits per heavy atom. The van der Waals surface area contributed by atoms with E-state index < -0.39 is 0 Å². The maximum atomic E-state index is 4.81. The summed E-state index contributed by atoms with van der Waals surface area (Å²) in [7, 11) is 0. The molecule has 1 aliphatic rings. The average Bonchev–Trinajstić information content (AvgIpc) is 2.50. The van der Waals surface area contributed by atoms with Crippen LogP contribution in [0.25, 0.3) is 0 Å². The largest absolute Gasteiger partial charge is 0.370 e. The molecule has 0 saturated carbocycles. The zero-order valence-corrected chi connectivity index (χ0v) is 14.3. The summed E-state index contributed by atoms with van der Waals surface area (Å²) >= 11 is 0. The number of rotatable bonds is 5. The van der Waals surface area contributed by atoms with Crippen molar-refractivity contribution < 1.29 is 0 Å². The zero-order valence-electron chi connectivity index (χ0n) is 14.3. The fraction of sp³-hybridized carbons (Fsp3) is 0.765. The van der Waals surface area contributed by atoms with Gasteiger partial charge in [0, 0.05) is 31.6 Å². The number of aryl methyl sites for hydroxylation is 1. The Morgan fingerprint density at radius 2 is 1.81 bits per heavy atom. The smallest absolute Gasteiger partial charge is 0.137 e. The molecule has 0 aromatic carbocycles. The molecule has 1 fully saturated rings. The molecule has 2 rings (SSSR count). The molecule has 0 amide bonds. The molecule has 0 unspecified atom stereocenters. The van der Waals surface area contributed by atoms with Crippen LogP contribution in [0.5, 0.6) is 0 Å². The normalized spacial score (nSPS) is 17.9. The van der Waals surface area contributed by atoms with E-state index in [2.05, 4.69) is 49.8 Å². The highest BCUT2D eigenvalue weighted by molar-refractivity contribution is 5.59. The van der Waals surface area contributed by atoms with Gasteiger partial charge in [-0.1, -0.05) is 27.2 Å². The molecule has 4 heteroatoms. The number of nitrogens with one attached hydrogen (secondary N) is 1. The molecule has 1 saturated heterocycles. The minimum absolute atomic E-state index is 0.509. The molecular formula is C17H30N4. The fourth-order valence-corrected chi connectivity index (χ4v) is 2.97. The second-order valence-corrected chi connectivity index (χ2v) is 6.47. The molecule has 21 heavy (non-hydrogen) atoms. The molecule has 1 N–H and O–H groups in total. The lowest BCUT2D eigenvalue weighted by atomic mass is 9.78.